The van der Waals surface area contributed by atoms with Gasteiger partial charge in [0.25, 0.3) is 0 Å². The molecule has 7 nitrogen and oxygen atoms in total. The predicted octanol–water partition coefficient (Wildman–Crippen LogP) is 4.49. The number of hydrogen-bond donors (Lipinski definition) is 2. The normalized spacial score (nSPS) is 16.5. The summed E-state index contributed by atoms with van der Waals surface area (Å²) in [7, 11) is 1.37. The van der Waals surface area contributed by atoms with Crippen LogP contribution in [0.15, 0.2) is 42.5 Å². The summed E-state index contributed by atoms with van der Waals surface area (Å²) in [5.41, 5.74) is -0.172. The molecule has 1 unspecified atom stereocenters. The number of anilines is 1. The molecule has 1 aromatic heterocycles. The van der Waals surface area contributed by atoms with E-state index in [0.29, 0.717) is 29.7 Å². The average molecular weight is 432 g/mol. The van der Waals surface area contributed by atoms with E-state index in [0.717, 1.165) is 12.1 Å². The number of nitrogens with one attached hydrogen (secondary N) is 1. The third-order valence-electron chi connectivity index (χ3n) is 5.17. The van der Waals surface area contributed by atoms with Crippen LogP contribution in [0.5, 0.6) is 5.75 Å². The van der Waals surface area contributed by atoms with E-state index in [1.165, 1.54) is 18.1 Å². The maximum Gasteiger partial charge on any atom is 0.416 e. The predicted molar refractivity (Wildman–Crippen MR) is 108 cm³/mol. The van der Waals surface area contributed by atoms with Crippen molar-refractivity contribution in [1.82, 2.24) is 14.9 Å². The van der Waals surface area contributed by atoms with E-state index >= 15 is 0 Å². The molecule has 3 aromatic rings. The molecule has 4 rings (SSSR count). The van der Waals surface area contributed by atoms with E-state index < -0.39 is 17.8 Å². The lowest BCUT2D eigenvalue weighted by Crippen LogP contribution is -2.30. The first kappa shape index (κ1) is 20.7. The molecule has 2 heterocycles. The van der Waals surface area contributed by atoms with Crippen molar-refractivity contribution in [1.29, 1.82) is 0 Å². The lowest BCUT2D eigenvalue weighted by atomic mass is 10.1. The van der Waals surface area contributed by atoms with Gasteiger partial charge < -0.3 is 20.1 Å². The molecule has 2 aromatic carbocycles. The van der Waals surface area contributed by atoms with Crippen molar-refractivity contribution in [2.75, 3.05) is 25.5 Å². The first-order valence-corrected chi connectivity index (χ1v) is 9.53. The van der Waals surface area contributed by atoms with Gasteiger partial charge in [-0.25, -0.2) is 14.8 Å². The number of amides is 1. The largest absolute Gasteiger partial charge is 0.496 e. The standard InChI is InChI=1S/C21H19F3N4O3/c1-31-17-7-6-12(21(22,23)24)10-15(17)19-26-16-5-3-2-4-14(16)18(27-19)25-13-8-9-28(11-13)20(29)30/h2-7,10,13H,8-9,11H2,1H3,(H,29,30)(H,25,26,27). The first-order chi connectivity index (χ1) is 14.8. The number of para-hydroxylation sites is 1. The van der Waals surface area contributed by atoms with Crippen LogP contribution in [0.3, 0.4) is 0 Å². The number of carboxylic acid groups (broad SMARTS) is 1. The van der Waals surface area contributed by atoms with Gasteiger partial charge in [-0.1, -0.05) is 12.1 Å². The van der Waals surface area contributed by atoms with Crippen molar-refractivity contribution in [3.05, 3.63) is 48.0 Å². The Morgan fingerprint density at radius 1 is 1.23 bits per heavy atom. The molecular formula is C21H19F3N4O3. The van der Waals surface area contributed by atoms with Gasteiger partial charge in [-0.05, 0) is 36.8 Å². The van der Waals surface area contributed by atoms with Crippen LogP contribution in [0.2, 0.25) is 0 Å². The molecule has 162 valence electrons. The summed E-state index contributed by atoms with van der Waals surface area (Å²) in [5, 5.41) is 13.1. The zero-order chi connectivity index (χ0) is 22.2. The number of alkyl halides is 3. The fourth-order valence-electron chi connectivity index (χ4n) is 3.61. The van der Waals surface area contributed by atoms with Crippen LogP contribution in [-0.2, 0) is 6.18 Å². The Kier molecular flexibility index (Phi) is 5.30. The average Bonchev–Trinajstić information content (AvgIpc) is 3.21. The number of fused-ring (bicyclic) bond motifs is 1. The van der Waals surface area contributed by atoms with Gasteiger partial charge in [0.15, 0.2) is 5.82 Å². The minimum absolute atomic E-state index is 0.0808. The molecule has 1 fully saturated rings. The second kappa shape index (κ2) is 7.93. The number of rotatable bonds is 4. The van der Waals surface area contributed by atoms with Gasteiger partial charge in [0.2, 0.25) is 0 Å². The number of hydrogen-bond acceptors (Lipinski definition) is 5. The minimum Gasteiger partial charge on any atom is -0.496 e. The number of carbonyl (C=O) groups is 1. The number of nitrogens with zero attached hydrogens (tertiary/aromatic N) is 3. The van der Waals surface area contributed by atoms with E-state index in [2.05, 4.69) is 15.3 Å². The van der Waals surface area contributed by atoms with E-state index in [1.807, 2.05) is 0 Å². The van der Waals surface area contributed by atoms with Crippen molar-refractivity contribution in [3.8, 4) is 17.1 Å². The summed E-state index contributed by atoms with van der Waals surface area (Å²) in [5.74, 6) is 0.724. The summed E-state index contributed by atoms with van der Waals surface area (Å²) < 4.78 is 45.1. The zero-order valence-corrected chi connectivity index (χ0v) is 16.5. The molecule has 1 saturated heterocycles. The molecule has 0 saturated carbocycles. The summed E-state index contributed by atoms with van der Waals surface area (Å²) in [6.45, 7) is 0.681. The van der Waals surface area contributed by atoms with Crippen LogP contribution in [0, 0.1) is 0 Å². The molecule has 1 aliphatic rings. The lowest BCUT2D eigenvalue weighted by Gasteiger charge is -2.17. The van der Waals surface area contributed by atoms with E-state index in [4.69, 9.17) is 4.74 Å². The van der Waals surface area contributed by atoms with Gasteiger partial charge in [0, 0.05) is 24.5 Å². The summed E-state index contributed by atoms with van der Waals surface area (Å²) in [6.07, 6.45) is -4.93. The Morgan fingerprint density at radius 3 is 2.68 bits per heavy atom. The Hall–Kier alpha value is -3.56. The van der Waals surface area contributed by atoms with Crippen LogP contribution >= 0.6 is 0 Å². The molecule has 31 heavy (non-hydrogen) atoms. The Labute approximate surface area is 175 Å². The third-order valence-corrected chi connectivity index (χ3v) is 5.17. The summed E-state index contributed by atoms with van der Waals surface area (Å²) in [4.78, 5) is 21.5. The second-order valence-electron chi connectivity index (χ2n) is 7.18. The molecule has 1 aliphatic heterocycles. The fraction of sp³-hybridized carbons (Fsp3) is 0.286. The molecule has 0 radical (unpaired) electrons. The van der Waals surface area contributed by atoms with Crippen molar-refractivity contribution >= 4 is 22.8 Å². The van der Waals surface area contributed by atoms with Gasteiger partial charge in [-0.2, -0.15) is 13.2 Å². The van der Waals surface area contributed by atoms with Crippen LogP contribution in [-0.4, -0.2) is 52.3 Å². The summed E-state index contributed by atoms with van der Waals surface area (Å²) in [6, 6.07) is 10.1. The SMILES string of the molecule is COc1ccc(C(F)(F)F)cc1-c1nc(NC2CCN(C(=O)O)C2)c2ccccc2n1. The Bertz CT molecular complexity index is 1140. The van der Waals surface area contributed by atoms with Crippen molar-refractivity contribution in [2.24, 2.45) is 0 Å². The van der Waals surface area contributed by atoms with Crippen LogP contribution in [0.4, 0.5) is 23.8 Å². The number of benzene rings is 2. The Balaban J connectivity index is 1.79. The van der Waals surface area contributed by atoms with Gasteiger partial charge in [0.1, 0.15) is 11.6 Å². The number of aromatic nitrogens is 2. The molecule has 1 amide bonds. The van der Waals surface area contributed by atoms with E-state index in [-0.39, 0.29) is 29.7 Å². The van der Waals surface area contributed by atoms with Crippen LogP contribution in [0.1, 0.15) is 12.0 Å². The number of likely N-dealkylation sites (tertiary alicyclic amines) is 1. The number of methoxy groups -OCH3 is 1. The highest BCUT2D eigenvalue weighted by Crippen LogP contribution is 2.37. The van der Waals surface area contributed by atoms with Crippen molar-refractivity contribution in [2.45, 2.75) is 18.6 Å². The van der Waals surface area contributed by atoms with E-state index in [9.17, 15) is 23.1 Å². The molecule has 10 heteroatoms. The second-order valence-corrected chi connectivity index (χ2v) is 7.18. The lowest BCUT2D eigenvalue weighted by molar-refractivity contribution is -0.137. The Morgan fingerprint density at radius 2 is 2.00 bits per heavy atom. The highest BCUT2D eigenvalue weighted by atomic mass is 19.4. The molecule has 0 bridgehead atoms. The van der Waals surface area contributed by atoms with Crippen LogP contribution < -0.4 is 10.1 Å². The zero-order valence-electron chi connectivity index (χ0n) is 16.5. The smallest absolute Gasteiger partial charge is 0.416 e. The number of ether oxygens (including phenoxy) is 1. The van der Waals surface area contributed by atoms with Gasteiger partial charge >= 0.3 is 12.3 Å². The maximum absolute atomic E-state index is 13.3. The summed E-state index contributed by atoms with van der Waals surface area (Å²) >= 11 is 0. The topological polar surface area (TPSA) is 87.6 Å². The third kappa shape index (κ3) is 4.18. The van der Waals surface area contributed by atoms with Gasteiger partial charge in [0.05, 0.1) is 23.8 Å². The molecule has 1 atom stereocenters. The molecule has 0 aliphatic carbocycles. The molecular weight excluding hydrogens is 413 g/mol. The monoisotopic (exact) mass is 432 g/mol. The van der Waals surface area contributed by atoms with Crippen molar-refractivity contribution in [3.63, 3.8) is 0 Å². The van der Waals surface area contributed by atoms with Gasteiger partial charge in [-0.3, -0.25) is 0 Å². The maximum atomic E-state index is 13.3. The first-order valence-electron chi connectivity index (χ1n) is 9.53. The quantitative estimate of drug-likeness (QED) is 0.632. The minimum atomic E-state index is -4.52. The van der Waals surface area contributed by atoms with Crippen molar-refractivity contribution < 1.29 is 27.8 Å². The molecule has 2 N–H and O–H groups in total. The number of halogens is 3. The highest BCUT2D eigenvalue weighted by Gasteiger charge is 2.32. The highest BCUT2D eigenvalue weighted by molar-refractivity contribution is 5.91. The fourth-order valence-corrected chi connectivity index (χ4v) is 3.61. The molecule has 0 spiro atoms. The van der Waals surface area contributed by atoms with Gasteiger partial charge in [-0.15, -0.1) is 0 Å². The van der Waals surface area contributed by atoms with Crippen LogP contribution in [0.25, 0.3) is 22.3 Å². The van der Waals surface area contributed by atoms with E-state index in [1.54, 1.807) is 24.3 Å².